The van der Waals surface area contributed by atoms with E-state index in [1.165, 1.54) is 19.1 Å². The van der Waals surface area contributed by atoms with Crippen molar-refractivity contribution in [3.05, 3.63) is 66.2 Å². The molecule has 4 heteroatoms. The smallest absolute Gasteiger partial charge is 0.305 e. The fraction of sp³-hybridized carbons (Fsp3) is 0.143. The maximum Gasteiger partial charge on any atom is 0.305 e. The average molecular weight is 264 g/mol. The van der Waals surface area contributed by atoms with Gasteiger partial charge >= 0.3 is 7.45 Å². The Balaban J connectivity index is 2.51. The Morgan fingerprint density at radius 2 is 1.44 bits per heavy atom. The maximum absolute atomic E-state index is 14.6. The molecule has 0 heterocycles. The van der Waals surface area contributed by atoms with Crippen molar-refractivity contribution in [3.8, 4) is 0 Å². The quantitative estimate of drug-likeness (QED) is 0.862. The summed E-state index contributed by atoms with van der Waals surface area (Å²) >= 11 is 0. The SMILES string of the molecule is CC(O)(c1ccccc1)P(=O)(F)c1ccccc1. The molecule has 1 N–H and O–H groups in total. The zero-order chi connectivity index (χ0) is 13.2. The number of aliphatic hydroxyl groups is 1. The van der Waals surface area contributed by atoms with Crippen LogP contribution < -0.4 is 5.30 Å². The normalized spacial score (nSPS) is 17.7. The van der Waals surface area contributed by atoms with Crippen molar-refractivity contribution in [1.82, 2.24) is 0 Å². The minimum absolute atomic E-state index is 0.0267. The first-order valence-corrected chi connectivity index (χ1v) is 7.19. The Labute approximate surface area is 106 Å². The van der Waals surface area contributed by atoms with Gasteiger partial charge in [0.2, 0.25) is 0 Å². The van der Waals surface area contributed by atoms with Gasteiger partial charge in [-0.1, -0.05) is 48.5 Å². The van der Waals surface area contributed by atoms with E-state index in [1.807, 2.05) is 0 Å². The number of rotatable bonds is 3. The van der Waals surface area contributed by atoms with E-state index in [4.69, 9.17) is 0 Å². The van der Waals surface area contributed by atoms with Gasteiger partial charge in [0, 0.05) is 5.30 Å². The van der Waals surface area contributed by atoms with Gasteiger partial charge in [0.15, 0.2) is 5.34 Å². The third-order valence-electron chi connectivity index (χ3n) is 2.97. The Hall–Kier alpha value is -1.44. The second-order valence-corrected chi connectivity index (χ2v) is 6.71. The van der Waals surface area contributed by atoms with Gasteiger partial charge in [-0.05, 0) is 24.6 Å². The van der Waals surface area contributed by atoms with Gasteiger partial charge in [0.1, 0.15) is 0 Å². The van der Waals surface area contributed by atoms with Crippen LogP contribution in [0.25, 0.3) is 0 Å². The Morgan fingerprint density at radius 1 is 1.00 bits per heavy atom. The van der Waals surface area contributed by atoms with Crippen molar-refractivity contribution in [2.75, 3.05) is 0 Å². The molecule has 0 spiro atoms. The molecule has 0 radical (unpaired) electrons. The molecule has 0 bridgehead atoms. The minimum Gasteiger partial charge on any atom is -0.375 e. The van der Waals surface area contributed by atoms with Gasteiger partial charge in [-0.3, -0.25) is 4.57 Å². The molecule has 2 atom stereocenters. The molecule has 0 aliphatic rings. The zero-order valence-electron chi connectivity index (χ0n) is 9.95. The molecule has 2 aromatic carbocycles. The standard InChI is InChI=1S/C14H14FO2P/c1-14(16,12-8-4-2-5-9-12)18(15,17)13-10-6-3-7-11-13/h2-11,16H,1H3. The monoisotopic (exact) mass is 264 g/mol. The highest BCUT2D eigenvalue weighted by Crippen LogP contribution is 2.61. The van der Waals surface area contributed by atoms with E-state index in [-0.39, 0.29) is 5.30 Å². The van der Waals surface area contributed by atoms with Crippen molar-refractivity contribution in [3.63, 3.8) is 0 Å². The summed E-state index contributed by atoms with van der Waals surface area (Å²) in [6.45, 7) is 1.25. The van der Waals surface area contributed by atoms with E-state index in [9.17, 15) is 13.9 Å². The topological polar surface area (TPSA) is 37.3 Å². The lowest BCUT2D eigenvalue weighted by Gasteiger charge is -2.27. The van der Waals surface area contributed by atoms with E-state index < -0.39 is 12.8 Å². The van der Waals surface area contributed by atoms with Gasteiger partial charge in [-0.15, -0.1) is 0 Å². The third kappa shape index (κ3) is 2.12. The van der Waals surface area contributed by atoms with Crippen molar-refractivity contribution >= 4 is 12.8 Å². The van der Waals surface area contributed by atoms with E-state index in [0.717, 1.165) is 0 Å². The van der Waals surface area contributed by atoms with E-state index >= 15 is 0 Å². The molecule has 18 heavy (non-hydrogen) atoms. The zero-order valence-corrected chi connectivity index (χ0v) is 10.8. The van der Waals surface area contributed by atoms with E-state index in [1.54, 1.807) is 48.5 Å². The Bertz CT molecular complexity index is 567. The molecule has 94 valence electrons. The van der Waals surface area contributed by atoms with Crippen LogP contribution in [0.5, 0.6) is 0 Å². The third-order valence-corrected chi connectivity index (χ3v) is 5.31. The summed E-state index contributed by atoms with van der Waals surface area (Å²) in [7, 11) is -4.41. The molecule has 0 aromatic heterocycles. The van der Waals surface area contributed by atoms with Crippen molar-refractivity contribution < 1.29 is 13.9 Å². The van der Waals surface area contributed by atoms with Gasteiger partial charge in [-0.25, -0.2) is 0 Å². The molecule has 0 aliphatic heterocycles. The second kappa shape index (κ2) is 4.68. The number of benzene rings is 2. The number of halogens is 1. The maximum atomic E-state index is 14.6. The first-order chi connectivity index (χ1) is 8.46. The summed E-state index contributed by atoms with van der Waals surface area (Å²) < 4.78 is 26.9. The summed E-state index contributed by atoms with van der Waals surface area (Å²) in [5.74, 6) is 0. The van der Waals surface area contributed by atoms with E-state index in [2.05, 4.69) is 0 Å². The molecule has 2 nitrogen and oxygen atoms in total. The summed E-state index contributed by atoms with van der Waals surface area (Å²) in [5.41, 5.74) is 0.305. The van der Waals surface area contributed by atoms with Gasteiger partial charge in [-0.2, -0.15) is 4.20 Å². The first kappa shape index (κ1) is 13.0. The lowest BCUT2D eigenvalue weighted by molar-refractivity contribution is 0.137. The number of hydrogen-bond donors (Lipinski definition) is 1. The van der Waals surface area contributed by atoms with Crippen LogP contribution in [0.4, 0.5) is 4.20 Å². The predicted octanol–water partition coefficient (Wildman–Crippen LogP) is 3.42. The Morgan fingerprint density at radius 3 is 1.94 bits per heavy atom. The summed E-state index contributed by atoms with van der Waals surface area (Å²) in [6.07, 6.45) is 0. The largest absolute Gasteiger partial charge is 0.375 e. The van der Waals surface area contributed by atoms with Crippen LogP contribution in [0.3, 0.4) is 0 Å². The minimum atomic E-state index is -4.41. The Kier molecular flexibility index (Phi) is 3.38. The summed E-state index contributed by atoms with van der Waals surface area (Å²) in [5, 5.41) is 8.34. The lowest BCUT2D eigenvalue weighted by atomic mass is 10.1. The van der Waals surface area contributed by atoms with Crippen LogP contribution in [0.15, 0.2) is 60.7 Å². The van der Waals surface area contributed by atoms with Crippen LogP contribution in [0.1, 0.15) is 12.5 Å². The van der Waals surface area contributed by atoms with Crippen LogP contribution in [-0.2, 0) is 9.91 Å². The molecule has 0 aliphatic carbocycles. The van der Waals surface area contributed by atoms with Gasteiger partial charge in [0.25, 0.3) is 0 Å². The second-order valence-electron chi connectivity index (χ2n) is 4.25. The molecule has 0 fully saturated rings. The molecule has 2 unspecified atom stereocenters. The van der Waals surface area contributed by atoms with Crippen molar-refractivity contribution in [2.24, 2.45) is 0 Å². The molecule has 0 amide bonds. The van der Waals surface area contributed by atoms with Crippen LogP contribution in [0, 0.1) is 0 Å². The summed E-state index contributed by atoms with van der Waals surface area (Å²) in [4.78, 5) is 0. The molecule has 0 saturated heterocycles. The molecular formula is C14H14FO2P. The highest BCUT2D eigenvalue weighted by molar-refractivity contribution is 7.67. The fourth-order valence-electron chi connectivity index (χ4n) is 1.79. The number of hydrogen-bond acceptors (Lipinski definition) is 2. The van der Waals surface area contributed by atoms with Crippen molar-refractivity contribution in [2.45, 2.75) is 12.3 Å². The van der Waals surface area contributed by atoms with E-state index in [0.29, 0.717) is 5.56 Å². The molecule has 0 saturated carbocycles. The first-order valence-electron chi connectivity index (χ1n) is 5.59. The highest BCUT2D eigenvalue weighted by atomic mass is 31.2. The average Bonchev–Trinajstić information content (AvgIpc) is 2.40. The van der Waals surface area contributed by atoms with Gasteiger partial charge < -0.3 is 5.11 Å². The van der Waals surface area contributed by atoms with Gasteiger partial charge in [0.05, 0.1) is 0 Å². The molecule has 2 aromatic rings. The highest BCUT2D eigenvalue weighted by Gasteiger charge is 2.46. The van der Waals surface area contributed by atoms with Crippen LogP contribution in [0.2, 0.25) is 0 Å². The predicted molar refractivity (Wildman–Crippen MR) is 70.8 cm³/mol. The fourth-order valence-corrected chi connectivity index (χ4v) is 3.33. The van der Waals surface area contributed by atoms with Crippen LogP contribution >= 0.6 is 7.45 Å². The molecular weight excluding hydrogens is 250 g/mol. The molecule has 2 rings (SSSR count). The lowest BCUT2D eigenvalue weighted by Crippen LogP contribution is -2.25. The summed E-state index contributed by atoms with van der Waals surface area (Å²) in [6, 6.07) is 16.0. The van der Waals surface area contributed by atoms with Crippen molar-refractivity contribution in [1.29, 1.82) is 0 Å². The van der Waals surface area contributed by atoms with Crippen LogP contribution in [-0.4, -0.2) is 5.11 Å².